The monoisotopic (exact) mass is 321 g/mol. The van der Waals surface area contributed by atoms with Crippen molar-refractivity contribution in [2.75, 3.05) is 20.2 Å². The van der Waals surface area contributed by atoms with Crippen LogP contribution in [0, 0.1) is 0 Å². The molecule has 3 aromatic rings. The predicted molar refractivity (Wildman–Crippen MR) is 93.7 cm³/mol. The summed E-state index contributed by atoms with van der Waals surface area (Å²) < 4.78 is 5.29. The zero-order valence-corrected chi connectivity index (χ0v) is 13.8. The van der Waals surface area contributed by atoms with Gasteiger partial charge in [-0.15, -0.1) is 0 Å². The van der Waals surface area contributed by atoms with Crippen LogP contribution in [0.25, 0.3) is 10.9 Å². The molecule has 4 nitrogen and oxygen atoms in total. The number of methoxy groups -OCH3 is 1. The van der Waals surface area contributed by atoms with Gasteiger partial charge < -0.3 is 14.6 Å². The third-order valence-corrected chi connectivity index (χ3v) is 4.91. The van der Waals surface area contributed by atoms with Crippen LogP contribution in [0.1, 0.15) is 21.5 Å². The quantitative estimate of drug-likeness (QED) is 0.722. The van der Waals surface area contributed by atoms with Gasteiger partial charge in [0.25, 0.3) is 0 Å². The van der Waals surface area contributed by atoms with E-state index in [4.69, 9.17) is 4.74 Å². The van der Waals surface area contributed by atoms with Crippen LogP contribution in [0.4, 0.5) is 0 Å². The smallest absolute Gasteiger partial charge is 0.219 e. The predicted octanol–water partition coefficient (Wildman–Crippen LogP) is 2.00. The minimum absolute atomic E-state index is 0.184. The normalized spacial score (nSPS) is 16.8. The molecule has 122 valence electrons. The van der Waals surface area contributed by atoms with Crippen LogP contribution in [-0.2, 0) is 13.0 Å². The van der Waals surface area contributed by atoms with Crippen LogP contribution < -0.4 is 9.64 Å². The lowest BCUT2D eigenvalue weighted by atomic mass is 9.99. The van der Waals surface area contributed by atoms with Crippen LogP contribution in [0.5, 0.6) is 5.75 Å². The van der Waals surface area contributed by atoms with E-state index >= 15 is 0 Å². The van der Waals surface area contributed by atoms with Crippen molar-refractivity contribution in [2.45, 2.75) is 13.0 Å². The fraction of sp³-hybridized carbons (Fsp3) is 0.250. The maximum atomic E-state index is 12.8. The molecule has 1 atom stereocenters. The summed E-state index contributed by atoms with van der Waals surface area (Å²) in [6.45, 7) is 2.46. The minimum atomic E-state index is 0.184. The molecule has 0 spiro atoms. The number of rotatable bonds is 4. The first kappa shape index (κ1) is 15.0. The lowest BCUT2D eigenvalue weighted by Gasteiger charge is -2.25. The molecule has 0 aliphatic carbocycles. The number of fused-ring (bicyclic) bond motifs is 2. The largest absolute Gasteiger partial charge is 0.497 e. The lowest BCUT2D eigenvalue weighted by molar-refractivity contribution is -0.907. The number of nitrogens with one attached hydrogen (secondary N) is 2. The van der Waals surface area contributed by atoms with Gasteiger partial charge in [-0.05, 0) is 23.8 Å². The topological polar surface area (TPSA) is 46.5 Å². The summed E-state index contributed by atoms with van der Waals surface area (Å²) in [4.78, 5) is 17.3. The minimum Gasteiger partial charge on any atom is -0.497 e. The molecular weight excluding hydrogens is 300 g/mol. The fourth-order valence-corrected chi connectivity index (χ4v) is 3.57. The van der Waals surface area contributed by atoms with E-state index in [1.807, 2.05) is 24.4 Å². The number of hydrogen-bond donors (Lipinski definition) is 2. The van der Waals surface area contributed by atoms with Gasteiger partial charge in [0.1, 0.15) is 18.8 Å². The van der Waals surface area contributed by atoms with E-state index in [0.717, 1.165) is 41.7 Å². The Hall–Kier alpha value is -2.59. The van der Waals surface area contributed by atoms with Crippen LogP contribution in [-0.4, -0.2) is 31.0 Å². The number of ketones is 1. The zero-order chi connectivity index (χ0) is 16.5. The molecule has 1 aliphatic heterocycles. The maximum absolute atomic E-state index is 12.8. The first-order chi connectivity index (χ1) is 11.7. The van der Waals surface area contributed by atoms with Crippen molar-refractivity contribution in [1.29, 1.82) is 0 Å². The third-order valence-electron chi connectivity index (χ3n) is 4.91. The number of H-pyrrole nitrogens is 1. The Kier molecular flexibility index (Phi) is 3.82. The van der Waals surface area contributed by atoms with Crippen molar-refractivity contribution in [2.24, 2.45) is 0 Å². The fourth-order valence-electron chi connectivity index (χ4n) is 3.57. The third kappa shape index (κ3) is 2.69. The molecule has 2 heterocycles. The summed E-state index contributed by atoms with van der Waals surface area (Å²) in [5.74, 6) is 0.958. The molecule has 2 aromatic carbocycles. The number of ether oxygens (including phenoxy) is 1. The first-order valence-corrected chi connectivity index (χ1v) is 8.33. The number of hydrogen-bond acceptors (Lipinski definition) is 2. The van der Waals surface area contributed by atoms with Gasteiger partial charge in [-0.25, -0.2) is 0 Å². The van der Waals surface area contributed by atoms with Crippen molar-refractivity contribution in [3.63, 3.8) is 0 Å². The Labute approximate surface area is 141 Å². The summed E-state index contributed by atoms with van der Waals surface area (Å²) in [6.07, 6.45) is 2.87. The maximum Gasteiger partial charge on any atom is 0.219 e. The molecule has 0 saturated carbocycles. The molecule has 0 fully saturated rings. The Bertz CT molecular complexity index is 898. The number of benzene rings is 2. The van der Waals surface area contributed by atoms with Gasteiger partial charge in [0.2, 0.25) is 5.78 Å². The number of carbonyl (C=O) groups is 1. The van der Waals surface area contributed by atoms with Crippen LogP contribution in [0.2, 0.25) is 0 Å². The van der Waals surface area contributed by atoms with Gasteiger partial charge >= 0.3 is 0 Å². The Morgan fingerprint density at radius 1 is 1.21 bits per heavy atom. The van der Waals surface area contributed by atoms with E-state index in [9.17, 15) is 4.79 Å². The van der Waals surface area contributed by atoms with E-state index < -0.39 is 0 Å². The van der Waals surface area contributed by atoms with Crippen molar-refractivity contribution in [3.05, 3.63) is 65.4 Å². The molecule has 0 amide bonds. The molecule has 4 rings (SSSR count). The summed E-state index contributed by atoms with van der Waals surface area (Å²) >= 11 is 0. The van der Waals surface area contributed by atoms with Crippen LogP contribution in [0.15, 0.2) is 48.7 Å². The number of aromatic amines is 1. The number of aromatic nitrogens is 1. The second-order valence-electron chi connectivity index (χ2n) is 6.41. The molecule has 24 heavy (non-hydrogen) atoms. The number of carbonyl (C=O) groups excluding carboxylic acids is 1. The standard InChI is InChI=1S/C20H20N2O2/c1-24-16-6-7-19-17(10-16)18(11-21-19)20(23)13-22-9-8-14-4-2-3-5-15(14)12-22/h2-7,10-11,21H,8-9,12-13H2,1H3/p+1. The molecule has 2 N–H and O–H groups in total. The van der Waals surface area contributed by atoms with Gasteiger partial charge in [0, 0.05) is 34.6 Å². The highest BCUT2D eigenvalue weighted by molar-refractivity contribution is 6.08. The molecule has 4 heteroatoms. The summed E-state index contributed by atoms with van der Waals surface area (Å²) in [5.41, 5.74) is 4.52. The lowest BCUT2D eigenvalue weighted by Crippen LogP contribution is -3.12. The van der Waals surface area contributed by atoms with Gasteiger partial charge in [0.05, 0.1) is 13.7 Å². The van der Waals surface area contributed by atoms with Crippen molar-refractivity contribution in [1.82, 2.24) is 4.98 Å². The Morgan fingerprint density at radius 2 is 2.04 bits per heavy atom. The van der Waals surface area contributed by atoms with Crippen molar-refractivity contribution < 1.29 is 14.4 Å². The highest BCUT2D eigenvalue weighted by Gasteiger charge is 2.23. The average molecular weight is 321 g/mol. The van der Waals surface area contributed by atoms with E-state index in [1.54, 1.807) is 7.11 Å². The van der Waals surface area contributed by atoms with E-state index in [-0.39, 0.29) is 5.78 Å². The van der Waals surface area contributed by atoms with Gasteiger partial charge in [-0.3, -0.25) is 4.79 Å². The van der Waals surface area contributed by atoms with Crippen molar-refractivity contribution in [3.8, 4) is 5.75 Å². The molecule has 1 unspecified atom stereocenters. The summed E-state index contributed by atoms with van der Waals surface area (Å²) in [7, 11) is 1.64. The van der Waals surface area contributed by atoms with Crippen molar-refractivity contribution >= 4 is 16.7 Å². The van der Waals surface area contributed by atoms with Gasteiger partial charge in [-0.2, -0.15) is 0 Å². The van der Waals surface area contributed by atoms with E-state index in [2.05, 4.69) is 29.2 Å². The highest BCUT2D eigenvalue weighted by Crippen LogP contribution is 2.23. The number of quaternary nitrogens is 1. The molecule has 0 bridgehead atoms. The Balaban J connectivity index is 1.55. The molecule has 0 saturated heterocycles. The van der Waals surface area contributed by atoms with E-state index in [0.29, 0.717) is 6.54 Å². The highest BCUT2D eigenvalue weighted by atomic mass is 16.5. The first-order valence-electron chi connectivity index (χ1n) is 8.33. The van der Waals surface area contributed by atoms with Crippen LogP contribution >= 0.6 is 0 Å². The van der Waals surface area contributed by atoms with Crippen LogP contribution in [0.3, 0.4) is 0 Å². The zero-order valence-electron chi connectivity index (χ0n) is 13.8. The SMILES string of the molecule is COc1ccc2[nH]cc(C(=O)C[NH+]3CCc4ccccc4C3)c2c1. The molecule has 1 aliphatic rings. The summed E-state index contributed by atoms with van der Waals surface area (Å²) in [6, 6.07) is 14.3. The molecule has 0 radical (unpaired) electrons. The van der Waals surface area contributed by atoms with E-state index in [1.165, 1.54) is 16.0 Å². The average Bonchev–Trinajstić information content (AvgIpc) is 3.04. The number of Topliss-reactive ketones (excluding diaryl/α,β-unsaturated/α-hetero) is 1. The second kappa shape index (κ2) is 6.13. The molecule has 1 aromatic heterocycles. The Morgan fingerprint density at radius 3 is 2.88 bits per heavy atom. The van der Waals surface area contributed by atoms with Gasteiger partial charge in [0.15, 0.2) is 0 Å². The van der Waals surface area contributed by atoms with Gasteiger partial charge in [-0.1, -0.05) is 24.3 Å². The molecular formula is C20H21N2O2+. The second-order valence-corrected chi connectivity index (χ2v) is 6.41. The summed E-state index contributed by atoms with van der Waals surface area (Å²) in [5, 5.41) is 0.941.